The van der Waals surface area contributed by atoms with Gasteiger partial charge in [0.15, 0.2) is 0 Å². The van der Waals surface area contributed by atoms with Crippen molar-refractivity contribution >= 4 is 5.82 Å². The Labute approximate surface area is 114 Å². The fourth-order valence-electron chi connectivity index (χ4n) is 2.36. The Balaban J connectivity index is 2.49. The van der Waals surface area contributed by atoms with E-state index in [1.54, 1.807) is 0 Å². The number of nitrogens with zero attached hydrogens (tertiary/aromatic N) is 4. The molecule has 0 fully saturated rings. The first-order valence-electron chi connectivity index (χ1n) is 7.08. The van der Waals surface area contributed by atoms with Gasteiger partial charge >= 0.3 is 0 Å². The summed E-state index contributed by atoms with van der Waals surface area (Å²) in [6, 6.07) is 0. The zero-order valence-electron chi connectivity index (χ0n) is 12.1. The number of imidazole rings is 2. The highest BCUT2D eigenvalue weighted by Crippen LogP contribution is 2.27. The van der Waals surface area contributed by atoms with Gasteiger partial charge < -0.3 is 14.9 Å². The highest BCUT2D eigenvalue weighted by molar-refractivity contribution is 5.68. The lowest BCUT2D eigenvalue weighted by Crippen LogP contribution is -2.07. The van der Waals surface area contributed by atoms with Crippen LogP contribution in [0.4, 0.5) is 5.82 Å². The molecule has 2 N–H and O–H groups in total. The second-order valence-corrected chi connectivity index (χ2v) is 4.73. The molecule has 0 aliphatic carbocycles. The Hall–Kier alpha value is -1.78. The molecule has 2 aromatic heterocycles. The van der Waals surface area contributed by atoms with Crippen molar-refractivity contribution in [2.45, 2.75) is 53.1 Å². The summed E-state index contributed by atoms with van der Waals surface area (Å²) in [6.45, 7) is 8.21. The summed E-state index contributed by atoms with van der Waals surface area (Å²) < 4.78 is 4.22. The lowest BCUT2D eigenvalue weighted by atomic mass is 10.3. The molecular formula is C14H23N5. The number of hydrogen-bond acceptors (Lipinski definition) is 3. The van der Waals surface area contributed by atoms with Crippen LogP contribution in [-0.2, 0) is 19.5 Å². The molecule has 0 amide bonds. The molecular weight excluding hydrogens is 238 g/mol. The van der Waals surface area contributed by atoms with E-state index in [0.29, 0.717) is 0 Å². The quantitative estimate of drug-likeness (QED) is 0.869. The molecule has 0 saturated carbocycles. The van der Waals surface area contributed by atoms with Crippen LogP contribution in [0.1, 0.15) is 39.4 Å². The summed E-state index contributed by atoms with van der Waals surface area (Å²) in [7, 11) is 0. The molecule has 19 heavy (non-hydrogen) atoms. The number of nitrogen functional groups attached to an aromatic ring is 1. The SMILES string of the molecule is CCCc1nc(-c2cncn2CC)c(N)n1CCC. The van der Waals surface area contributed by atoms with Crippen LogP contribution in [0.25, 0.3) is 11.4 Å². The molecule has 5 nitrogen and oxygen atoms in total. The van der Waals surface area contributed by atoms with Gasteiger partial charge in [0.25, 0.3) is 0 Å². The van der Waals surface area contributed by atoms with Crippen LogP contribution in [0.15, 0.2) is 12.5 Å². The van der Waals surface area contributed by atoms with Crippen molar-refractivity contribution in [2.75, 3.05) is 5.73 Å². The minimum Gasteiger partial charge on any atom is -0.383 e. The summed E-state index contributed by atoms with van der Waals surface area (Å²) in [5.74, 6) is 1.85. The normalized spacial score (nSPS) is 11.1. The maximum atomic E-state index is 6.29. The van der Waals surface area contributed by atoms with Gasteiger partial charge in [-0.25, -0.2) is 9.97 Å². The first-order valence-corrected chi connectivity index (χ1v) is 7.08. The second kappa shape index (κ2) is 5.91. The lowest BCUT2D eigenvalue weighted by Gasteiger charge is -2.07. The molecule has 104 valence electrons. The Bertz CT molecular complexity index is 538. The zero-order valence-corrected chi connectivity index (χ0v) is 12.1. The van der Waals surface area contributed by atoms with E-state index < -0.39 is 0 Å². The van der Waals surface area contributed by atoms with Crippen molar-refractivity contribution < 1.29 is 0 Å². The van der Waals surface area contributed by atoms with E-state index in [9.17, 15) is 0 Å². The largest absolute Gasteiger partial charge is 0.383 e. The smallest absolute Gasteiger partial charge is 0.133 e. The predicted octanol–water partition coefficient (Wildman–Crippen LogP) is 2.71. The standard InChI is InChI=1S/C14H23N5/c1-4-7-12-17-13(14(15)19(12)8-5-2)11-9-16-10-18(11)6-3/h9-10H,4-8,15H2,1-3H3. The summed E-state index contributed by atoms with van der Waals surface area (Å²) in [4.78, 5) is 8.95. The van der Waals surface area contributed by atoms with E-state index in [1.807, 2.05) is 12.5 Å². The molecule has 0 atom stereocenters. The molecule has 0 aromatic carbocycles. The molecule has 2 heterocycles. The number of nitrogens with two attached hydrogens (primary N) is 1. The maximum Gasteiger partial charge on any atom is 0.133 e. The van der Waals surface area contributed by atoms with Crippen molar-refractivity contribution in [1.82, 2.24) is 19.1 Å². The Morgan fingerprint density at radius 3 is 2.63 bits per heavy atom. The molecule has 5 heteroatoms. The van der Waals surface area contributed by atoms with Crippen LogP contribution >= 0.6 is 0 Å². The van der Waals surface area contributed by atoms with E-state index >= 15 is 0 Å². The van der Waals surface area contributed by atoms with Crippen LogP contribution < -0.4 is 5.73 Å². The number of aromatic nitrogens is 4. The van der Waals surface area contributed by atoms with Crippen LogP contribution in [0.5, 0.6) is 0 Å². The van der Waals surface area contributed by atoms with Gasteiger partial charge in [0.2, 0.25) is 0 Å². The lowest BCUT2D eigenvalue weighted by molar-refractivity contribution is 0.637. The van der Waals surface area contributed by atoms with Gasteiger partial charge in [0, 0.05) is 19.5 Å². The summed E-state index contributed by atoms with van der Waals surface area (Å²) in [5, 5.41) is 0. The average molecular weight is 261 g/mol. The van der Waals surface area contributed by atoms with Crippen LogP contribution in [-0.4, -0.2) is 19.1 Å². The Morgan fingerprint density at radius 2 is 2.00 bits per heavy atom. The monoisotopic (exact) mass is 261 g/mol. The molecule has 0 saturated heterocycles. The summed E-state index contributed by atoms with van der Waals surface area (Å²) in [5.41, 5.74) is 8.17. The number of rotatable bonds is 6. The third kappa shape index (κ3) is 2.50. The van der Waals surface area contributed by atoms with Gasteiger partial charge in [-0.2, -0.15) is 0 Å². The van der Waals surface area contributed by atoms with Gasteiger partial charge in [-0.3, -0.25) is 0 Å². The van der Waals surface area contributed by atoms with Gasteiger partial charge in [0.1, 0.15) is 17.3 Å². The van der Waals surface area contributed by atoms with Crippen LogP contribution in [0.3, 0.4) is 0 Å². The first-order chi connectivity index (χ1) is 9.22. The van der Waals surface area contributed by atoms with Gasteiger partial charge in [-0.15, -0.1) is 0 Å². The topological polar surface area (TPSA) is 61.7 Å². The van der Waals surface area contributed by atoms with E-state index in [0.717, 1.165) is 55.4 Å². The molecule has 0 bridgehead atoms. The molecule has 2 aromatic rings. The van der Waals surface area contributed by atoms with E-state index in [2.05, 4.69) is 34.9 Å². The van der Waals surface area contributed by atoms with E-state index in [1.165, 1.54) is 0 Å². The Morgan fingerprint density at radius 1 is 1.21 bits per heavy atom. The third-order valence-corrected chi connectivity index (χ3v) is 3.30. The summed E-state index contributed by atoms with van der Waals surface area (Å²) in [6.07, 6.45) is 6.77. The molecule has 0 spiro atoms. The number of hydrogen-bond donors (Lipinski definition) is 1. The van der Waals surface area contributed by atoms with Crippen LogP contribution in [0.2, 0.25) is 0 Å². The van der Waals surface area contributed by atoms with Crippen molar-refractivity contribution in [3.05, 3.63) is 18.3 Å². The van der Waals surface area contributed by atoms with E-state index in [-0.39, 0.29) is 0 Å². The predicted molar refractivity (Wildman–Crippen MR) is 77.8 cm³/mol. The minimum absolute atomic E-state index is 0.764. The highest BCUT2D eigenvalue weighted by Gasteiger charge is 2.17. The van der Waals surface area contributed by atoms with Gasteiger partial charge in [0.05, 0.1) is 18.2 Å². The first kappa shape index (κ1) is 13.6. The molecule has 0 unspecified atom stereocenters. The molecule has 0 radical (unpaired) electrons. The average Bonchev–Trinajstić information content (AvgIpc) is 2.98. The minimum atomic E-state index is 0.764. The second-order valence-electron chi connectivity index (χ2n) is 4.73. The zero-order chi connectivity index (χ0) is 13.8. The van der Waals surface area contributed by atoms with Crippen molar-refractivity contribution in [2.24, 2.45) is 0 Å². The van der Waals surface area contributed by atoms with Gasteiger partial charge in [-0.1, -0.05) is 13.8 Å². The van der Waals surface area contributed by atoms with Gasteiger partial charge in [-0.05, 0) is 19.8 Å². The molecule has 2 rings (SSSR count). The van der Waals surface area contributed by atoms with Crippen molar-refractivity contribution in [3.8, 4) is 11.4 Å². The maximum absolute atomic E-state index is 6.29. The fourth-order valence-corrected chi connectivity index (χ4v) is 2.36. The number of anilines is 1. The number of aryl methyl sites for hydroxylation is 2. The van der Waals surface area contributed by atoms with E-state index in [4.69, 9.17) is 10.7 Å². The van der Waals surface area contributed by atoms with Crippen LogP contribution in [0, 0.1) is 0 Å². The van der Waals surface area contributed by atoms with Crippen molar-refractivity contribution in [3.63, 3.8) is 0 Å². The fraction of sp³-hybridized carbons (Fsp3) is 0.571. The molecule has 0 aliphatic rings. The summed E-state index contributed by atoms with van der Waals surface area (Å²) >= 11 is 0. The third-order valence-electron chi connectivity index (χ3n) is 3.30. The highest BCUT2D eigenvalue weighted by atomic mass is 15.2. The van der Waals surface area contributed by atoms with Crippen molar-refractivity contribution in [1.29, 1.82) is 0 Å². The Kier molecular flexibility index (Phi) is 4.24. The molecule has 0 aliphatic heterocycles.